The molecule has 0 aromatic heterocycles. The van der Waals surface area contributed by atoms with Gasteiger partial charge in [0.25, 0.3) is 5.91 Å². The van der Waals surface area contributed by atoms with Crippen molar-refractivity contribution in [1.29, 1.82) is 0 Å². The Morgan fingerprint density at radius 1 is 1.21 bits per heavy atom. The van der Waals surface area contributed by atoms with Crippen LogP contribution in [0, 0.1) is 0 Å². The van der Waals surface area contributed by atoms with Crippen molar-refractivity contribution < 1.29 is 14.6 Å². The summed E-state index contributed by atoms with van der Waals surface area (Å²) in [6, 6.07) is 6.46. The van der Waals surface area contributed by atoms with Crippen LogP contribution in [0.4, 0.5) is 0 Å². The van der Waals surface area contributed by atoms with Gasteiger partial charge in [-0.25, -0.2) is 0 Å². The Bertz CT molecular complexity index is 478. The molecule has 4 heteroatoms. The van der Waals surface area contributed by atoms with Crippen molar-refractivity contribution in [3.8, 4) is 5.75 Å². The molecule has 1 fully saturated rings. The monoisotopic (exact) mass is 263 g/mol. The zero-order valence-electron chi connectivity index (χ0n) is 11.9. The molecule has 0 aliphatic carbocycles. The minimum absolute atomic E-state index is 0.0691. The number of aromatic hydroxyl groups is 1. The van der Waals surface area contributed by atoms with Gasteiger partial charge in [-0.2, -0.15) is 0 Å². The van der Waals surface area contributed by atoms with Crippen molar-refractivity contribution in [3.05, 3.63) is 29.8 Å². The summed E-state index contributed by atoms with van der Waals surface area (Å²) in [7, 11) is 0. The number of carbonyl (C=O) groups excluding carboxylic acids is 1. The van der Waals surface area contributed by atoms with Crippen LogP contribution in [0.25, 0.3) is 0 Å². The molecule has 1 N–H and O–H groups in total. The van der Waals surface area contributed by atoms with Gasteiger partial charge < -0.3 is 14.7 Å². The van der Waals surface area contributed by atoms with Gasteiger partial charge in [0.05, 0.1) is 11.2 Å². The highest BCUT2D eigenvalue weighted by molar-refractivity contribution is 5.94. The standard InChI is InChI=1S/C15H21NO3/c1-14(2)9-16(10-15(3,4)19-14)13(18)11-6-5-7-12(17)8-11/h5-8,17H,9-10H2,1-4H3. The predicted molar refractivity (Wildman–Crippen MR) is 73.3 cm³/mol. The van der Waals surface area contributed by atoms with E-state index < -0.39 is 0 Å². The SMILES string of the molecule is CC1(C)CN(C(=O)c2cccc(O)c2)CC(C)(C)O1. The Hall–Kier alpha value is -1.55. The largest absolute Gasteiger partial charge is 0.508 e. The summed E-state index contributed by atoms with van der Waals surface area (Å²) < 4.78 is 5.96. The quantitative estimate of drug-likeness (QED) is 0.846. The Labute approximate surface area is 114 Å². The van der Waals surface area contributed by atoms with E-state index in [9.17, 15) is 9.90 Å². The number of phenols is 1. The fourth-order valence-corrected chi connectivity index (χ4v) is 2.75. The van der Waals surface area contributed by atoms with Crippen LogP contribution in [0.1, 0.15) is 38.1 Å². The fourth-order valence-electron chi connectivity index (χ4n) is 2.75. The molecule has 1 aliphatic heterocycles. The lowest BCUT2D eigenvalue weighted by molar-refractivity contribution is -0.171. The molecule has 2 rings (SSSR count). The average molecular weight is 263 g/mol. The number of ether oxygens (including phenoxy) is 1. The van der Waals surface area contributed by atoms with Crippen LogP contribution < -0.4 is 0 Å². The van der Waals surface area contributed by atoms with E-state index in [-0.39, 0.29) is 22.9 Å². The first-order chi connectivity index (χ1) is 8.69. The second-order valence-electron chi connectivity index (χ2n) is 6.33. The molecule has 1 heterocycles. The summed E-state index contributed by atoms with van der Waals surface area (Å²) in [5.41, 5.74) is -0.226. The summed E-state index contributed by atoms with van der Waals surface area (Å²) >= 11 is 0. The maximum atomic E-state index is 12.5. The van der Waals surface area contributed by atoms with Crippen molar-refractivity contribution in [2.45, 2.75) is 38.9 Å². The maximum absolute atomic E-state index is 12.5. The Balaban J connectivity index is 2.24. The lowest BCUT2D eigenvalue weighted by Crippen LogP contribution is -2.58. The lowest BCUT2D eigenvalue weighted by Gasteiger charge is -2.47. The third-order valence-electron chi connectivity index (χ3n) is 3.08. The van der Waals surface area contributed by atoms with Gasteiger partial charge in [-0.3, -0.25) is 4.79 Å². The third kappa shape index (κ3) is 3.26. The van der Waals surface area contributed by atoms with Gasteiger partial charge in [0.15, 0.2) is 0 Å². The van der Waals surface area contributed by atoms with Gasteiger partial charge in [-0.15, -0.1) is 0 Å². The van der Waals surface area contributed by atoms with Crippen LogP contribution in [0.5, 0.6) is 5.75 Å². The summed E-state index contributed by atoms with van der Waals surface area (Å²) in [6.07, 6.45) is 0. The van der Waals surface area contributed by atoms with Gasteiger partial charge >= 0.3 is 0 Å². The lowest BCUT2D eigenvalue weighted by atomic mass is 9.98. The molecule has 0 unspecified atom stereocenters. The zero-order chi connectivity index (χ0) is 14.3. The Morgan fingerprint density at radius 2 is 1.79 bits per heavy atom. The molecule has 0 radical (unpaired) electrons. The molecule has 104 valence electrons. The van der Waals surface area contributed by atoms with E-state index in [4.69, 9.17) is 4.74 Å². The molecule has 1 aromatic carbocycles. The normalized spacial score (nSPS) is 21.2. The number of amides is 1. The number of phenolic OH excluding ortho intramolecular Hbond substituents is 1. The molecule has 1 aliphatic rings. The molecule has 1 saturated heterocycles. The number of hydrogen-bond donors (Lipinski definition) is 1. The number of morpholine rings is 1. The van der Waals surface area contributed by atoms with E-state index in [0.717, 1.165) is 0 Å². The molecular formula is C15H21NO3. The van der Waals surface area contributed by atoms with Gasteiger partial charge in [0, 0.05) is 18.7 Å². The smallest absolute Gasteiger partial charge is 0.254 e. The van der Waals surface area contributed by atoms with Gasteiger partial charge in [-0.05, 0) is 45.9 Å². The maximum Gasteiger partial charge on any atom is 0.254 e. The minimum atomic E-state index is -0.367. The number of benzene rings is 1. The van der Waals surface area contributed by atoms with E-state index in [1.807, 2.05) is 27.7 Å². The molecule has 0 spiro atoms. The molecule has 1 aromatic rings. The second kappa shape index (κ2) is 4.53. The number of nitrogens with zero attached hydrogens (tertiary/aromatic N) is 1. The van der Waals surface area contributed by atoms with Crippen LogP contribution in [-0.4, -0.2) is 40.2 Å². The highest BCUT2D eigenvalue weighted by atomic mass is 16.5. The minimum Gasteiger partial charge on any atom is -0.508 e. The van der Waals surface area contributed by atoms with Crippen molar-refractivity contribution in [2.24, 2.45) is 0 Å². The first-order valence-electron chi connectivity index (χ1n) is 6.47. The first kappa shape index (κ1) is 13.9. The highest BCUT2D eigenvalue weighted by Gasteiger charge is 2.40. The Morgan fingerprint density at radius 3 is 2.32 bits per heavy atom. The third-order valence-corrected chi connectivity index (χ3v) is 3.08. The van der Waals surface area contributed by atoms with Crippen LogP contribution >= 0.6 is 0 Å². The second-order valence-corrected chi connectivity index (χ2v) is 6.33. The molecule has 0 atom stereocenters. The number of rotatable bonds is 1. The van der Waals surface area contributed by atoms with E-state index in [2.05, 4.69) is 0 Å². The Kier molecular flexibility index (Phi) is 3.31. The molecule has 0 bridgehead atoms. The highest BCUT2D eigenvalue weighted by Crippen LogP contribution is 2.29. The zero-order valence-corrected chi connectivity index (χ0v) is 11.9. The molecule has 4 nitrogen and oxygen atoms in total. The van der Waals surface area contributed by atoms with Crippen LogP contribution in [0.3, 0.4) is 0 Å². The van der Waals surface area contributed by atoms with Crippen molar-refractivity contribution >= 4 is 5.91 Å². The van der Waals surface area contributed by atoms with Crippen LogP contribution in [0.2, 0.25) is 0 Å². The molecule has 0 saturated carbocycles. The van der Waals surface area contributed by atoms with Gasteiger partial charge in [0.2, 0.25) is 0 Å². The van der Waals surface area contributed by atoms with E-state index in [1.54, 1.807) is 23.1 Å². The van der Waals surface area contributed by atoms with Gasteiger partial charge in [0.1, 0.15) is 5.75 Å². The number of hydrogen-bond acceptors (Lipinski definition) is 3. The molecular weight excluding hydrogens is 242 g/mol. The first-order valence-corrected chi connectivity index (χ1v) is 6.47. The van der Waals surface area contributed by atoms with E-state index >= 15 is 0 Å². The van der Waals surface area contributed by atoms with Crippen LogP contribution in [-0.2, 0) is 4.74 Å². The van der Waals surface area contributed by atoms with Crippen LogP contribution in [0.15, 0.2) is 24.3 Å². The summed E-state index contributed by atoms with van der Waals surface area (Å²) in [4.78, 5) is 14.3. The van der Waals surface area contributed by atoms with Gasteiger partial charge in [-0.1, -0.05) is 6.07 Å². The molecule has 19 heavy (non-hydrogen) atoms. The van der Waals surface area contributed by atoms with Crippen molar-refractivity contribution in [3.63, 3.8) is 0 Å². The van der Waals surface area contributed by atoms with Crippen molar-refractivity contribution in [2.75, 3.05) is 13.1 Å². The summed E-state index contributed by atoms with van der Waals surface area (Å²) in [6.45, 7) is 9.02. The van der Waals surface area contributed by atoms with E-state index in [0.29, 0.717) is 18.7 Å². The predicted octanol–water partition coefficient (Wildman–Crippen LogP) is 2.42. The topological polar surface area (TPSA) is 49.8 Å². The molecule has 1 amide bonds. The fraction of sp³-hybridized carbons (Fsp3) is 0.533. The average Bonchev–Trinajstić information content (AvgIpc) is 2.23. The summed E-state index contributed by atoms with van der Waals surface area (Å²) in [5, 5.41) is 9.47. The number of carbonyl (C=O) groups is 1. The summed E-state index contributed by atoms with van der Waals surface area (Å²) in [5.74, 6) is 0.0398. The van der Waals surface area contributed by atoms with E-state index in [1.165, 1.54) is 6.07 Å². The van der Waals surface area contributed by atoms with Crippen molar-refractivity contribution in [1.82, 2.24) is 4.90 Å².